The van der Waals surface area contributed by atoms with Crippen LogP contribution in [0.3, 0.4) is 0 Å². The Morgan fingerprint density at radius 3 is 2.75 bits per heavy atom. The van der Waals surface area contributed by atoms with Gasteiger partial charge in [0.1, 0.15) is 15.9 Å². The van der Waals surface area contributed by atoms with Crippen LogP contribution in [-0.2, 0) is 10.0 Å². The van der Waals surface area contributed by atoms with Crippen LogP contribution >= 0.6 is 27.5 Å². The molecule has 1 heterocycles. The molecule has 0 spiro atoms. The van der Waals surface area contributed by atoms with Gasteiger partial charge >= 0.3 is 0 Å². The largest absolute Gasteiger partial charge is 0.398 e. The summed E-state index contributed by atoms with van der Waals surface area (Å²) in [5, 5.41) is 0.0750. The third kappa shape index (κ3) is 3.17. The minimum Gasteiger partial charge on any atom is -0.398 e. The van der Waals surface area contributed by atoms with Crippen LogP contribution in [0.15, 0.2) is 33.8 Å². The standard InChI is InChI=1S/C10H7BrClFN4O2S/c11-5-3-8(7(14)4-6(5)13)20(18,19)17-10-15-2-1-9(12)16-10/h1-4H,14H2,(H,15,16,17). The molecule has 3 N–H and O–H groups in total. The van der Waals surface area contributed by atoms with E-state index in [1.165, 1.54) is 12.3 Å². The number of halogens is 3. The van der Waals surface area contributed by atoms with Crippen LogP contribution in [0.5, 0.6) is 0 Å². The molecule has 1 aromatic carbocycles. The van der Waals surface area contributed by atoms with E-state index in [1.54, 1.807) is 0 Å². The minimum absolute atomic E-state index is 0.0286. The predicted molar refractivity (Wildman–Crippen MR) is 76.4 cm³/mol. The summed E-state index contributed by atoms with van der Waals surface area (Å²) in [6.07, 6.45) is 1.29. The summed E-state index contributed by atoms with van der Waals surface area (Å²) >= 11 is 8.52. The van der Waals surface area contributed by atoms with Crippen molar-refractivity contribution in [3.8, 4) is 0 Å². The van der Waals surface area contributed by atoms with Crippen LogP contribution < -0.4 is 10.5 Å². The second kappa shape index (κ2) is 5.51. The minimum atomic E-state index is -4.06. The molecule has 0 amide bonds. The number of nitrogens with one attached hydrogen (secondary N) is 1. The Balaban J connectivity index is 2.43. The van der Waals surface area contributed by atoms with E-state index >= 15 is 0 Å². The van der Waals surface area contributed by atoms with Crippen molar-refractivity contribution >= 4 is 49.2 Å². The van der Waals surface area contributed by atoms with Gasteiger partial charge in [0.05, 0.1) is 10.2 Å². The molecule has 10 heteroatoms. The van der Waals surface area contributed by atoms with E-state index in [2.05, 4.69) is 30.6 Å². The molecule has 0 aliphatic heterocycles. The molecule has 2 aromatic rings. The SMILES string of the molecule is Nc1cc(F)c(Br)cc1S(=O)(=O)Nc1nccc(Cl)n1. The molecule has 2 rings (SSSR count). The number of anilines is 2. The van der Waals surface area contributed by atoms with Crippen LogP contribution in [0, 0.1) is 5.82 Å². The number of nitrogens with two attached hydrogens (primary N) is 1. The van der Waals surface area contributed by atoms with Crippen molar-refractivity contribution in [3.63, 3.8) is 0 Å². The smallest absolute Gasteiger partial charge is 0.266 e. The monoisotopic (exact) mass is 380 g/mol. The van der Waals surface area contributed by atoms with Crippen LogP contribution in [0.4, 0.5) is 16.0 Å². The zero-order chi connectivity index (χ0) is 14.9. The van der Waals surface area contributed by atoms with Crippen molar-refractivity contribution in [1.29, 1.82) is 0 Å². The molecular formula is C10H7BrClFN4O2S. The number of sulfonamides is 1. The van der Waals surface area contributed by atoms with Crippen molar-refractivity contribution in [1.82, 2.24) is 9.97 Å². The quantitative estimate of drug-likeness (QED) is 0.628. The zero-order valence-electron chi connectivity index (χ0n) is 9.64. The van der Waals surface area contributed by atoms with Crippen LogP contribution in [0.2, 0.25) is 5.15 Å². The summed E-state index contributed by atoms with van der Waals surface area (Å²) in [7, 11) is -4.06. The molecule has 0 saturated carbocycles. The van der Waals surface area contributed by atoms with Gasteiger partial charge in [0.25, 0.3) is 10.0 Å². The van der Waals surface area contributed by atoms with Gasteiger partial charge in [0.2, 0.25) is 5.95 Å². The number of hydrogen-bond acceptors (Lipinski definition) is 5. The molecule has 0 fully saturated rings. The highest BCUT2D eigenvalue weighted by Gasteiger charge is 2.21. The van der Waals surface area contributed by atoms with Gasteiger partial charge < -0.3 is 5.73 Å². The Hall–Kier alpha value is -1.45. The van der Waals surface area contributed by atoms with Crippen molar-refractivity contribution in [2.75, 3.05) is 10.5 Å². The van der Waals surface area contributed by atoms with Crippen molar-refractivity contribution in [3.05, 3.63) is 39.8 Å². The van der Waals surface area contributed by atoms with E-state index in [0.29, 0.717) is 0 Å². The van der Waals surface area contributed by atoms with E-state index < -0.39 is 15.8 Å². The lowest BCUT2D eigenvalue weighted by Crippen LogP contribution is -2.16. The lowest BCUT2D eigenvalue weighted by molar-refractivity contribution is 0.599. The first-order valence-corrected chi connectivity index (χ1v) is 7.71. The summed E-state index contributed by atoms with van der Waals surface area (Å²) in [6.45, 7) is 0. The molecule has 6 nitrogen and oxygen atoms in total. The molecule has 0 unspecified atom stereocenters. The average Bonchev–Trinajstić information content (AvgIpc) is 2.33. The van der Waals surface area contributed by atoms with Gasteiger partial charge in [-0.3, -0.25) is 0 Å². The number of nitrogens with zero attached hydrogens (tertiary/aromatic N) is 2. The van der Waals surface area contributed by atoms with E-state index in [-0.39, 0.29) is 26.2 Å². The second-order valence-electron chi connectivity index (χ2n) is 3.61. The highest BCUT2D eigenvalue weighted by molar-refractivity contribution is 9.10. The Bertz CT molecular complexity index is 772. The molecule has 0 saturated heterocycles. The van der Waals surface area contributed by atoms with Crippen LogP contribution in [0.25, 0.3) is 0 Å². The molecule has 106 valence electrons. The zero-order valence-corrected chi connectivity index (χ0v) is 12.8. The number of benzene rings is 1. The van der Waals surface area contributed by atoms with E-state index in [1.807, 2.05) is 0 Å². The fraction of sp³-hybridized carbons (Fsp3) is 0. The van der Waals surface area contributed by atoms with E-state index in [4.69, 9.17) is 17.3 Å². The topological polar surface area (TPSA) is 98.0 Å². The summed E-state index contributed by atoms with van der Waals surface area (Å²) in [6, 6.07) is 3.34. The summed E-state index contributed by atoms with van der Waals surface area (Å²) in [5.41, 5.74) is 5.28. The highest BCUT2D eigenvalue weighted by atomic mass is 79.9. The number of hydrogen-bond donors (Lipinski definition) is 2. The van der Waals surface area contributed by atoms with E-state index in [9.17, 15) is 12.8 Å². The maximum atomic E-state index is 13.2. The number of aromatic nitrogens is 2. The highest BCUT2D eigenvalue weighted by Crippen LogP contribution is 2.27. The van der Waals surface area contributed by atoms with Gasteiger partial charge in [-0.15, -0.1) is 0 Å². The lowest BCUT2D eigenvalue weighted by Gasteiger charge is -2.09. The van der Waals surface area contributed by atoms with Crippen LogP contribution in [-0.4, -0.2) is 18.4 Å². The third-order valence-electron chi connectivity index (χ3n) is 2.19. The lowest BCUT2D eigenvalue weighted by atomic mass is 10.3. The summed E-state index contributed by atoms with van der Waals surface area (Å²) in [4.78, 5) is 7.10. The molecule has 20 heavy (non-hydrogen) atoms. The average molecular weight is 382 g/mol. The van der Waals surface area contributed by atoms with Gasteiger partial charge in [-0.1, -0.05) is 11.6 Å². The molecule has 1 aromatic heterocycles. The Kier molecular flexibility index (Phi) is 4.11. The van der Waals surface area contributed by atoms with Gasteiger partial charge in [0.15, 0.2) is 0 Å². The normalized spacial score (nSPS) is 11.3. The van der Waals surface area contributed by atoms with E-state index in [0.717, 1.165) is 12.1 Å². The van der Waals surface area contributed by atoms with Crippen molar-refractivity contribution in [2.24, 2.45) is 0 Å². The second-order valence-corrected chi connectivity index (χ2v) is 6.51. The summed E-state index contributed by atoms with van der Waals surface area (Å²) in [5.74, 6) is -0.877. The first kappa shape index (κ1) is 14.9. The first-order chi connectivity index (χ1) is 9.29. The molecule has 0 atom stereocenters. The summed E-state index contributed by atoms with van der Waals surface area (Å²) < 4.78 is 39.6. The fourth-order valence-electron chi connectivity index (χ4n) is 1.34. The Morgan fingerprint density at radius 2 is 2.10 bits per heavy atom. The first-order valence-electron chi connectivity index (χ1n) is 5.05. The molecular weight excluding hydrogens is 375 g/mol. The maximum absolute atomic E-state index is 13.2. The number of nitrogen functional groups attached to an aromatic ring is 1. The van der Waals surface area contributed by atoms with Gasteiger partial charge in [-0.25, -0.2) is 27.5 Å². The number of rotatable bonds is 3. The molecule has 0 aliphatic rings. The molecule has 0 bridgehead atoms. The van der Waals surface area contributed by atoms with Crippen molar-refractivity contribution in [2.45, 2.75) is 4.90 Å². The van der Waals surface area contributed by atoms with Crippen molar-refractivity contribution < 1.29 is 12.8 Å². The Morgan fingerprint density at radius 1 is 1.40 bits per heavy atom. The van der Waals surface area contributed by atoms with Gasteiger partial charge in [-0.05, 0) is 34.1 Å². The molecule has 0 aliphatic carbocycles. The Labute approximate surface area is 127 Å². The van der Waals surface area contributed by atoms with Crippen LogP contribution in [0.1, 0.15) is 0 Å². The third-order valence-corrected chi connectivity index (χ3v) is 4.39. The maximum Gasteiger partial charge on any atom is 0.266 e. The molecule has 0 radical (unpaired) electrons. The van der Waals surface area contributed by atoms with Gasteiger partial charge in [0, 0.05) is 6.20 Å². The predicted octanol–water partition coefficient (Wildman–Crippen LogP) is 2.41. The van der Waals surface area contributed by atoms with Gasteiger partial charge in [-0.2, -0.15) is 0 Å². The fourth-order valence-corrected chi connectivity index (χ4v) is 3.06.